The second kappa shape index (κ2) is 7.69. The fourth-order valence-electron chi connectivity index (χ4n) is 2.17. The lowest BCUT2D eigenvalue weighted by Gasteiger charge is -2.14. The molecule has 2 aromatic rings. The Morgan fingerprint density at radius 1 is 1.38 bits per heavy atom. The van der Waals surface area contributed by atoms with E-state index in [0.29, 0.717) is 29.7 Å². The molecule has 0 spiro atoms. The Morgan fingerprint density at radius 2 is 2.12 bits per heavy atom. The third-order valence-electron chi connectivity index (χ3n) is 3.52. The van der Waals surface area contributed by atoms with Gasteiger partial charge < -0.3 is 10.5 Å². The number of amides is 2. The number of carbonyl (C=O) groups excluding carboxylic acids is 2. The summed E-state index contributed by atoms with van der Waals surface area (Å²) in [6.07, 6.45) is 1.65. The number of nitrogens with zero attached hydrogens (tertiary/aromatic N) is 2. The van der Waals surface area contributed by atoms with Gasteiger partial charge in [0.1, 0.15) is 18.4 Å². The van der Waals surface area contributed by atoms with E-state index >= 15 is 0 Å². The van der Waals surface area contributed by atoms with Crippen molar-refractivity contribution in [2.45, 2.75) is 26.3 Å². The highest BCUT2D eigenvalue weighted by Gasteiger charge is 2.20. The first-order valence-corrected chi connectivity index (χ1v) is 7.66. The standard InChI is InChI=1S/C16H20N4O4/c1-3-14(21)19-15(22)10(2)20-16(23)11-5-4-6-13(24-8-7-17)12(11)9-18-20/h4-6,9-10H,3,7-8,17H2,1-2H3,(H,19,21,22). The minimum absolute atomic E-state index is 0.181. The Kier molecular flexibility index (Phi) is 5.64. The molecule has 3 N–H and O–H groups in total. The average molecular weight is 332 g/mol. The van der Waals surface area contributed by atoms with Gasteiger partial charge in [0.05, 0.1) is 11.6 Å². The van der Waals surface area contributed by atoms with Gasteiger partial charge in [-0.2, -0.15) is 5.10 Å². The van der Waals surface area contributed by atoms with Crippen molar-refractivity contribution in [2.24, 2.45) is 5.73 Å². The van der Waals surface area contributed by atoms with Crippen molar-refractivity contribution >= 4 is 22.6 Å². The lowest BCUT2D eigenvalue weighted by molar-refractivity contribution is -0.132. The number of nitrogens with two attached hydrogens (primary N) is 1. The first kappa shape index (κ1) is 17.6. The van der Waals surface area contributed by atoms with Gasteiger partial charge in [0.15, 0.2) is 0 Å². The van der Waals surface area contributed by atoms with Crippen LogP contribution in [0.4, 0.5) is 0 Å². The first-order chi connectivity index (χ1) is 11.5. The van der Waals surface area contributed by atoms with Crippen molar-refractivity contribution in [3.05, 3.63) is 34.7 Å². The predicted octanol–water partition coefficient (Wildman–Crippen LogP) is 0.348. The summed E-state index contributed by atoms with van der Waals surface area (Å²) in [5, 5.41) is 7.20. The number of hydrogen-bond acceptors (Lipinski definition) is 6. The summed E-state index contributed by atoms with van der Waals surface area (Å²) in [6, 6.07) is 4.13. The van der Waals surface area contributed by atoms with Crippen molar-refractivity contribution in [1.82, 2.24) is 15.1 Å². The second-order valence-electron chi connectivity index (χ2n) is 5.19. The highest BCUT2D eigenvalue weighted by atomic mass is 16.5. The van der Waals surface area contributed by atoms with E-state index in [0.717, 1.165) is 4.68 Å². The summed E-state index contributed by atoms with van der Waals surface area (Å²) >= 11 is 0. The van der Waals surface area contributed by atoms with Crippen LogP contribution in [0.1, 0.15) is 26.3 Å². The van der Waals surface area contributed by atoms with Crippen LogP contribution in [0.2, 0.25) is 0 Å². The van der Waals surface area contributed by atoms with Crippen LogP contribution in [-0.2, 0) is 9.59 Å². The number of aromatic nitrogens is 2. The fourth-order valence-corrected chi connectivity index (χ4v) is 2.17. The molecule has 0 aliphatic heterocycles. The van der Waals surface area contributed by atoms with Crippen LogP contribution in [0.25, 0.3) is 10.8 Å². The van der Waals surface area contributed by atoms with E-state index in [1.54, 1.807) is 25.1 Å². The zero-order valence-corrected chi connectivity index (χ0v) is 13.6. The minimum atomic E-state index is -0.911. The monoisotopic (exact) mass is 332 g/mol. The molecule has 0 radical (unpaired) electrons. The molecule has 0 bridgehead atoms. The van der Waals surface area contributed by atoms with Crippen molar-refractivity contribution in [2.75, 3.05) is 13.2 Å². The smallest absolute Gasteiger partial charge is 0.275 e. The molecule has 2 rings (SSSR count). The largest absolute Gasteiger partial charge is 0.492 e. The van der Waals surface area contributed by atoms with Gasteiger partial charge in [0.2, 0.25) is 5.91 Å². The van der Waals surface area contributed by atoms with Crippen LogP contribution < -0.4 is 21.3 Å². The Balaban J connectivity index is 2.40. The lowest BCUT2D eigenvalue weighted by Crippen LogP contribution is -2.39. The summed E-state index contributed by atoms with van der Waals surface area (Å²) in [7, 11) is 0. The molecule has 0 aliphatic carbocycles. The molecule has 0 aliphatic rings. The Morgan fingerprint density at radius 3 is 2.79 bits per heavy atom. The molecule has 8 nitrogen and oxygen atoms in total. The summed E-state index contributed by atoms with van der Waals surface area (Å²) in [5.74, 6) is -0.475. The van der Waals surface area contributed by atoms with Gasteiger partial charge in [-0.05, 0) is 19.1 Å². The predicted molar refractivity (Wildman–Crippen MR) is 88.7 cm³/mol. The zero-order chi connectivity index (χ0) is 17.7. The molecule has 1 unspecified atom stereocenters. The van der Waals surface area contributed by atoms with Gasteiger partial charge in [-0.25, -0.2) is 4.68 Å². The van der Waals surface area contributed by atoms with Crippen LogP contribution in [0, 0.1) is 0 Å². The van der Waals surface area contributed by atoms with Gasteiger partial charge >= 0.3 is 0 Å². The van der Waals surface area contributed by atoms with Gasteiger partial charge in [-0.3, -0.25) is 19.7 Å². The van der Waals surface area contributed by atoms with Crippen LogP contribution in [0.5, 0.6) is 5.75 Å². The maximum absolute atomic E-state index is 12.6. The number of nitrogens with one attached hydrogen (secondary N) is 1. The van der Waals surface area contributed by atoms with E-state index in [-0.39, 0.29) is 6.42 Å². The summed E-state index contributed by atoms with van der Waals surface area (Å²) in [6.45, 7) is 3.81. The topological polar surface area (TPSA) is 116 Å². The second-order valence-corrected chi connectivity index (χ2v) is 5.19. The molecule has 0 fully saturated rings. The summed E-state index contributed by atoms with van der Waals surface area (Å²) in [4.78, 5) is 36.0. The number of fused-ring (bicyclic) bond motifs is 1. The third-order valence-corrected chi connectivity index (χ3v) is 3.52. The highest BCUT2D eigenvalue weighted by Crippen LogP contribution is 2.22. The van der Waals surface area contributed by atoms with Crippen LogP contribution in [0.15, 0.2) is 29.2 Å². The van der Waals surface area contributed by atoms with E-state index < -0.39 is 23.4 Å². The Bertz CT molecular complexity index is 815. The van der Waals surface area contributed by atoms with Crippen LogP contribution >= 0.6 is 0 Å². The van der Waals surface area contributed by atoms with Crippen molar-refractivity contribution in [1.29, 1.82) is 0 Å². The maximum atomic E-state index is 12.6. The Labute approximate surface area is 138 Å². The Hall–Kier alpha value is -2.74. The molecular formula is C16H20N4O4. The molecule has 0 saturated carbocycles. The summed E-state index contributed by atoms with van der Waals surface area (Å²) < 4.78 is 6.55. The SMILES string of the molecule is CCC(=O)NC(=O)C(C)n1ncc2c(OCCN)cccc2c1=O. The number of hydrogen-bond donors (Lipinski definition) is 2. The molecule has 1 aromatic carbocycles. The third kappa shape index (κ3) is 3.60. The van der Waals surface area contributed by atoms with Gasteiger partial charge in [0.25, 0.3) is 11.5 Å². The lowest BCUT2D eigenvalue weighted by atomic mass is 10.2. The molecule has 128 valence electrons. The number of carbonyl (C=O) groups is 2. The molecule has 2 amide bonds. The quantitative estimate of drug-likeness (QED) is 0.788. The zero-order valence-electron chi connectivity index (χ0n) is 13.6. The van der Waals surface area contributed by atoms with E-state index in [2.05, 4.69) is 10.4 Å². The van der Waals surface area contributed by atoms with E-state index in [9.17, 15) is 14.4 Å². The maximum Gasteiger partial charge on any atom is 0.275 e. The average Bonchev–Trinajstić information content (AvgIpc) is 2.59. The van der Waals surface area contributed by atoms with Crippen molar-refractivity contribution < 1.29 is 14.3 Å². The molecule has 1 heterocycles. The molecule has 1 atom stereocenters. The molecule has 0 saturated heterocycles. The first-order valence-electron chi connectivity index (χ1n) is 7.66. The van der Waals surface area contributed by atoms with Gasteiger partial charge in [-0.1, -0.05) is 13.0 Å². The number of benzene rings is 1. The van der Waals surface area contributed by atoms with Gasteiger partial charge in [0, 0.05) is 18.4 Å². The van der Waals surface area contributed by atoms with E-state index in [4.69, 9.17) is 10.5 Å². The van der Waals surface area contributed by atoms with Crippen LogP contribution in [0.3, 0.4) is 0 Å². The van der Waals surface area contributed by atoms with Crippen molar-refractivity contribution in [3.63, 3.8) is 0 Å². The normalized spacial score (nSPS) is 12.0. The number of ether oxygens (including phenoxy) is 1. The van der Waals surface area contributed by atoms with E-state index in [1.807, 2.05) is 0 Å². The molecule has 8 heteroatoms. The summed E-state index contributed by atoms with van der Waals surface area (Å²) in [5.41, 5.74) is 4.99. The molecule has 1 aromatic heterocycles. The highest BCUT2D eigenvalue weighted by molar-refractivity contribution is 5.96. The number of imide groups is 1. The van der Waals surface area contributed by atoms with Crippen LogP contribution in [-0.4, -0.2) is 34.7 Å². The molecular weight excluding hydrogens is 312 g/mol. The van der Waals surface area contributed by atoms with Crippen molar-refractivity contribution in [3.8, 4) is 5.75 Å². The molecule has 24 heavy (non-hydrogen) atoms. The fraction of sp³-hybridized carbons (Fsp3) is 0.375. The minimum Gasteiger partial charge on any atom is -0.492 e. The van der Waals surface area contributed by atoms with E-state index in [1.165, 1.54) is 13.1 Å². The van der Waals surface area contributed by atoms with Gasteiger partial charge in [-0.15, -0.1) is 0 Å². The number of rotatable bonds is 6.